The van der Waals surface area contributed by atoms with Gasteiger partial charge in [-0.1, -0.05) is 35.9 Å². The van der Waals surface area contributed by atoms with Gasteiger partial charge in [0, 0.05) is 11.9 Å². The van der Waals surface area contributed by atoms with Crippen LogP contribution in [0.3, 0.4) is 0 Å². The van der Waals surface area contributed by atoms with Crippen LogP contribution in [-0.4, -0.2) is 23.1 Å². The van der Waals surface area contributed by atoms with Gasteiger partial charge in [0.15, 0.2) is 0 Å². The van der Waals surface area contributed by atoms with E-state index in [-0.39, 0.29) is 11.5 Å². The van der Waals surface area contributed by atoms with E-state index in [0.717, 1.165) is 5.69 Å². The summed E-state index contributed by atoms with van der Waals surface area (Å²) in [5, 5.41) is 4.24. The highest BCUT2D eigenvalue weighted by molar-refractivity contribution is 6.33. The molecule has 6 nitrogen and oxygen atoms in total. The SMILES string of the molecule is Cc1ccc(C(=O)N/N=C/c2cccc(OC(=O)c3ccccc3Cl)c2)cn1. The predicted octanol–water partition coefficient (Wildman–Crippen LogP) is 4.03. The summed E-state index contributed by atoms with van der Waals surface area (Å²) < 4.78 is 5.35. The number of ether oxygens (including phenoxy) is 1. The number of amides is 1. The van der Waals surface area contributed by atoms with E-state index in [4.69, 9.17) is 16.3 Å². The number of esters is 1. The van der Waals surface area contributed by atoms with Crippen molar-refractivity contribution >= 4 is 29.7 Å². The first-order valence-corrected chi connectivity index (χ1v) is 8.73. The van der Waals surface area contributed by atoms with Crippen molar-refractivity contribution in [1.82, 2.24) is 10.4 Å². The Labute approximate surface area is 166 Å². The van der Waals surface area contributed by atoms with Gasteiger partial charge in [-0.15, -0.1) is 0 Å². The zero-order valence-electron chi connectivity index (χ0n) is 14.9. The summed E-state index contributed by atoms with van der Waals surface area (Å²) in [6, 6.07) is 16.8. The Kier molecular flexibility index (Phi) is 6.14. The molecule has 28 heavy (non-hydrogen) atoms. The number of carbonyl (C=O) groups is 2. The first-order chi connectivity index (χ1) is 13.5. The lowest BCUT2D eigenvalue weighted by Crippen LogP contribution is -2.17. The molecule has 1 heterocycles. The lowest BCUT2D eigenvalue weighted by molar-refractivity contribution is 0.0734. The van der Waals surface area contributed by atoms with Crippen molar-refractivity contribution < 1.29 is 14.3 Å². The number of carbonyl (C=O) groups excluding carboxylic acids is 2. The van der Waals surface area contributed by atoms with E-state index in [1.165, 1.54) is 12.4 Å². The van der Waals surface area contributed by atoms with Crippen molar-refractivity contribution in [3.63, 3.8) is 0 Å². The minimum atomic E-state index is -0.556. The fourth-order valence-corrected chi connectivity index (χ4v) is 2.49. The van der Waals surface area contributed by atoms with E-state index in [9.17, 15) is 9.59 Å². The van der Waals surface area contributed by atoms with E-state index < -0.39 is 5.97 Å². The Balaban J connectivity index is 1.63. The zero-order chi connectivity index (χ0) is 19.9. The second-order valence-electron chi connectivity index (χ2n) is 5.83. The topological polar surface area (TPSA) is 80.6 Å². The molecule has 2 aromatic carbocycles. The molecular formula is C21H16ClN3O3. The number of hydrazone groups is 1. The molecule has 0 atom stereocenters. The van der Waals surface area contributed by atoms with Gasteiger partial charge in [-0.3, -0.25) is 9.78 Å². The van der Waals surface area contributed by atoms with Crippen LogP contribution in [0.1, 0.15) is 32.0 Å². The summed E-state index contributed by atoms with van der Waals surface area (Å²) in [5.41, 5.74) is 4.58. The molecule has 0 radical (unpaired) electrons. The summed E-state index contributed by atoms with van der Waals surface area (Å²) in [4.78, 5) is 28.3. The minimum absolute atomic E-state index is 0.280. The van der Waals surface area contributed by atoms with Crippen molar-refractivity contribution in [3.05, 3.63) is 94.3 Å². The number of nitrogens with one attached hydrogen (secondary N) is 1. The van der Waals surface area contributed by atoms with Crippen molar-refractivity contribution in [3.8, 4) is 5.75 Å². The molecule has 0 fully saturated rings. The summed E-state index contributed by atoms with van der Waals surface area (Å²) in [7, 11) is 0. The molecule has 0 aliphatic rings. The largest absolute Gasteiger partial charge is 0.423 e. The van der Waals surface area contributed by atoms with Crippen LogP contribution in [0.2, 0.25) is 5.02 Å². The number of pyridine rings is 1. The van der Waals surface area contributed by atoms with Gasteiger partial charge in [0.2, 0.25) is 0 Å². The summed E-state index contributed by atoms with van der Waals surface area (Å²) in [6.07, 6.45) is 2.93. The highest BCUT2D eigenvalue weighted by Gasteiger charge is 2.12. The fourth-order valence-electron chi connectivity index (χ4n) is 2.28. The standard InChI is InChI=1S/C21H16ClN3O3/c1-14-9-10-16(13-23-14)20(26)25-24-12-15-5-4-6-17(11-15)28-21(27)18-7-2-3-8-19(18)22/h2-13H,1H3,(H,25,26)/b24-12+. The number of aromatic nitrogens is 1. The fraction of sp³-hybridized carbons (Fsp3) is 0.0476. The van der Waals surface area contributed by atoms with Crippen LogP contribution in [0, 0.1) is 6.92 Å². The quantitative estimate of drug-likeness (QED) is 0.307. The number of hydrogen-bond donors (Lipinski definition) is 1. The lowest BCUT2D eigenvalue weighted by atomic mass is 10.2. The molecule has 0 unspecified atom stereocenters. The van der Waals surface area contributed by atoms with Crippen LogP contribution in [0.5, 0.6) is 5.75 Å². The van der Waals surface area contributed by atoms with Gasteiger partial charge in [-0.05, 0) is 48.9 Å². The van der Waals surface area contributed by atoms with E-state index in [1.54, 1.807) is 60.7 Å². The predicted molar refractivity (Wildman–Crippen MR) is 107 cm³/mol. The molecular weight excluding hydrogens is 378 g/mol. The number of nitrogens with zero attached hydrogens (tertiary/aromatic N) is 2. The molecule has 140 valence electrons. The van der Waals surface area contributed by atoms with Gasteiger partial charge >= 0.3 is 5.97 Å². The maximum atomic E-state index is 12.2. The van der Waals surface area contributed by atoms with Crippen LogP contribution >= 0.6 is 11.6 Å². The Morgan fingerprint density at radius 3 is 2.68 bits per heavy atom. The van der Waals surface area contributed by atoms with Crippen molar-refractivity contribution in [2.24, 2.45) is 5.10 Å². The van der Waals surface area contributed by atoms with E-state index in [2.05, 4.69) is 15.5 Å². The molecule has 1 N–H and O–H groups in total. The van der Waals surface area contributed by atoms with Crippen LogP contribution in [0.4, 0.5) is 0 Å². The van der Waals surface area contributed by atoms with E-state index in [0.29, 0.717) is 21.9 Å². The Morgan fingerprint density at radius 2 is 1.93 bits per heavy atom. The highest BCUT2D eigenvalue weighted by atomic mass is 35.5. The number of benzene rings is 2. The molecule has 7 heteroatoms. The first-order valence-electron chi connectivity index (χ1n) is 8.36. The smallest absolute Gasteiger partial charge is 0.345 e. The molecule has 0 saturated heterocycles. The molecule has 1 aromatic heterocycles. The molecule has 0 bridgehead atoms. The second-order valence-corrected chi connectivity index (χ2v) is 6.24. The van der Waals surface area contributed by atoms with Gasteiger partial charge in [0.1, 0.15) is 5.75 Å². The third-order valence-electron chi connectivity index (χ3n) is 3.72. The molecule has 1 amide bonds. The minimum Gasteiger partial charge on any atom is -0.423 e. The Bertz CT molecular complexity index is 1030. The summed E-state index contributed by atoms with van der Waals surface area (Å²) >= 11 is 6.01. The number of hydrogen-bond acceptors (Lipinski definition) is 5. The van der Waals surface area contributed by atoms with Crippen LogP contribution in [0.25, 0.3) is 0 Å². The van der Waals surface area contributed by atoms with Crippen molar-refractivity contribution in [2.45, 2.75) is 6.92 Å². The Morgan fingerprint density at radius 1 is 1.11 bits per heavy atom. The number of halogens is 1. The van der Waals surface area contributed by atoms with Crippen molar-refractivity contribution in [2.75, 3.05) is 0 Å². The average molecular weight is 394 g/mol. The van der Waals surface area contributed by atoms with Crippen molar-refractivity contribution in [1.29, 1.82) is 0 Å². The third kappa shape index (κ3) is 5.02. The maximum Gasteiger partial charge on any atom is 0.345 e. The van der Waals surface area contributed by atoms with Crippen LogP contribution < -0.4 is 10.2 Å². The molecule has 0 spiro atoms. The molecule has 3 aromatic rings. The van der Waals surface area contributed by atoms with E-state index >= 15 is 0 Å². The average Bonchev–Trinajstić information content (AvgIpc) is 2.69. The second kappa shape index (κ2) is 8.92. The van der Waals surface area contributed by atoms with Gasteiger partial charge in [-0.25, -0.2) is 10.2 Å². The first kappa shape index (κ1) is 19.3. The molecule has 0 aliphatic heterocycles. The monoisotopic (exact) mass is 393 g/mol. The zero-order valence-corrected chi connectivity index (χ0v) is 15.7. The Hall–Kier alpha value is -3.51. The molecule has 0 saturated carbocycles. The van der Waals surface area contributed by atoms with Gasteiger partial charge in [-0.2, -0.15) is 5.10 Å². The van der Waals surface area contributed by atoms with Gasteiger partial charge in [0.05, 0.1) is 22.4 Å². The van der Waals surface area contributed by atoms with Gasteiger partial charge in [0.25, 0.3) is 5.91 Å². The summed E-state index contributed by atoms with van der Waals surface area (Å²) in [5.74, 6) is -0.590. The normalized spacial score (nSPS) is 10.6. The van der Waals surface area contributed by atoms with Gasteiger partial charge < -0.3 is 4.74 Å². The summed E-state index contributed by atoms with van der Waals surface area (Å²) in [6.45, 7) is 1.84. The van der Waals surface area contributed by atoms with Crippen LogP contribution in [-0.2, 0) is 0 Å². The number of aryl methyl sites for hydroxylation is 1. The molecule has 3 rings (SSSR count). The third-order valence-corrected chi connectivity index (χ3v) is 4.05. The van der Waals surface area contributed by atoms with E-state index in [1.807, 2.05) is 6.92 Å². The highest BCUT2D eigenvalue weighted by Crippen LogP contribution is 2.19. The molecule has 0 aliphatic carbocycles. The number of rotatable bonds is 5. The van der Waals surface area contributed by atoms with Crippen LogP contribution in [0.15, 0.2) is 72.0 Å². The maximum absolute atomic E-state index is 12.2. The lowest BCUT2D eigenvalue weighted by Gasteiger charge is -2.06.